The normalized spacial score (nSPS) is 23.4. The molecule has 1 amide bonds. The third-order valence-corrected chi connectivity index (χ3v) is 7.45. The number of ether oxygens (including phenoxy) is 1. The zero-order valence-corrected chi connectivity index (χ0v) is 18.3. The molecule has 0 bridgehead atoms. The fourth-order valence-corrected chi connectivity index (χ4v) is 5.67. The highest BCUT2D eigenvalue weighted by atomic mass is 32.2. The Kier molecular flexibility index (Phi) is 7.96. The van der Waals surface area contributed by atoms with Gasteiger partial charge in [0, 0.05) is 18.1 Å². The molecule has 1 saturated carbocycles. The Morgan fingerprint density at radius 1 is 1.11 bits per heavy atom. The third-order valence-electron chi connectivity index (χ3n) is 5.49. The van der Waals surface area contributed by atoms with Crippen LogP contribution >= 0.6 is 23.1 Å². The van der Waals surface area contributed by atoms with Crippen molar-refractivity contribution >= 4 is 40.1 Å². The summed E-state index contributed by atoms with van der Waals surface area (Å²) in [6.45, 7) is 3.93. The Hall–Kier alpha value is -1.35. The second-order valence-electron chi connectivity index (χ2n) is 7.73. The van der Waals surface area contributed by atoms with E-state index < -0.39 is 5.97 Å². The third kappa shape index (κ3) is 6.07. The first kappa shape index (κ1) is 21.4. The number of nitrogens with one attached hydrogen (secondary N) is 1. The summed E-state index contributed by atoms with van der Waals surface area (Å²) in [7, 11) is 0. The molecular formula is C19H30N4O3S2. The quantitative estimate of drug-likeness (QED) is 0.525. The highest BCUT2D eigenvalue weighted by Crippen LogP contribution is 2.28. The van der Waals surface area contributed by atoms with Crippen molar-refractivity contribution in [2.24, 2.45) is 0 Å². The van der Waals surface area contributed by atoms with Crippen LogP contribution in [0.3, 0.4) is 0 Å². The van der Waals surface area contributed by atoms with Gasteiger partial charge in [-0.1, -0.05) is 42.4 Å². The molecule has 0 radical (unpaired) electrons. The Morgan fingerprint density at radius 2 is 1.82 bits per heavy atom. The van der Waals surface area contributed by atoms with Crippen molar-refractivity contribution in [1.82, 2.24) is 15.1 Å². The van der Waals surface area contributed by atoms with Gasteiger partial charge in [0.2, 0.25) is 5.13 Å². The van der Waals surface area contributed by atoms with Crippen LogP contribution in [0, 0.1) is 0 Å². The monoisotopic (exact) mass is 426 g/mol. The molecule has 7 nitrogen and oxygen atoms in total. The molecule has 1 N–H and O–H groups in total. The van der Waals surface area contributed by atoms with Crippen LogP contribution < -0.4 is 5.32 Å². The summed E-state index contributed by atoms with van der Waals surface area (Å²) in [4.78, 5) is 26.3. The maximum absolute atomic E-state index is 12.4. The molecule has 9 heteroatoms. The van der Waals surface area contributed by atoms with Crippen LogP contribution in [0.5, 0.6) is 0 Å². The minimum absolute atomic E-state index is 0.104. The Balaban J connectivity index is 1.38. The molecule has 1 aliphatic carbocycles. The van der Waals surface area contributed by atoms with Crippen molar-refractivity contribution in [2.45, 2.75) is 87.7 Å². The molecule has 3 rings (SSSR count). The zero-order valence-electron chi connectivity index (χ0n) is 16.7. The standard InChI is InChI=1S/C19H30N4O3S2/c1-13-7-6-8-14(2)23(13)16(24)11-26-17(25)12-27-19-22-21-18(28-19)20-15-9-4-3-5-10-15/h13-15H,3-12H2,1-2H3,(H,20,21)/t13-,14+. The lowest BCUT2D eigenvalue weighted by molar-refractivity contribution is -0.153. The fourth-order valence-electron chi connectivity index (χ4n) is 4.04. The molecule has 1 aromatic rings. The molecule has 2 fully saturated rings. The molecule has 28 heavy (non-hydrogen) atoms. The maximum Gasteiger partial charge on any atom is 0.316 e. The highest BCUT2D eigenvalue weighted by molar-refractivity contribution is 8.01. The average molecular weight is 427 g/mol. The Morgan fingerprint density at radius 3 is 2.54 bits per heavy atom. The number of carbonyl (C=O) groups is 2. The maximum atomic E-state index is 12.4. The van der Waals surface area contributed by atoms with E-state index in [1.165, 1.54) is 55.2 Å². The number of aromatic nitrogens is 2. The smallest absolute Gasteiger partial charge is 0.316 e. The number of esters is 1. The van der Waals surface area contributed by atoms with Crippen LogP contribution in [0.15, 0.2) is 4.34 Å². The van der Waals surface area contributed by atoms with E-state index in [1.54, 1.807) is 0 Å². The van der Waals surface area contributed by atoms with E-state index >= 15 is 0 Å². The number of piperidine rings is 1. The Bertz CT molecular complexity index is 653. The molecule has 0 spiro atoms. The average Bonchev–Trinajstić information content (AvgIpc) is 3.12. The molecule has 2 heterocycles. The predicted molar refractivity (Wildman–Crippen MR) is 112 cm³/mol. The predicted octanol–water partition coefficient (Wildman–Crippen LogP) is 3.71. The van der Waals surface area contributed by atoms with E-state index in [0.29, 0.717) is 6.04 Å². The van der Waals surface area contributed by atoms with Crippen molar-refractivity contribution in [3.05, 3.63) is 0 Å². The molecule has 0 unspecified atom stereocenters. The van der Waals surface area contributed by atoms with E-state index in [2.05, 4.69) is 29.4 Å². The second-order valence-corrected chi connectivity index (χ2v) is 9.93. The van der Waals surface area contributed by atoms with Gasteiger partial charge in [0.15, 0.2) is 10.9 Å². The summed E-state index contributed by atoms with van der Waals surface area (Å²) < 4.78 is 5.93. The topological polar surface area (TPSA) is 84.4 Å². The molecule has 1 aliphatic heterocycles. The van der Waals surface area contributed by atoms with Gasteiger partial charge < -0.3 is 15.0 Å². The molecule has 2 atom stereocenters. The van der Waals surface area contributed by atoms with Gasteiger partial charge in [-0.25, -0.2) is 0 Å². The van der Waals surface area contributed by atoms with Gasteiger partial charge in [-0.2, -0.15) is 0 Å². The number of nitrogens with zero attached hydrogens (tertiary/aromatic N) is 3. The van der Waals surface area contributed by atoms with Crippen molar-refractivity contribution in [2.75, 3.05) is 17.7 Å². The number of carbonyl (C=O) groups excluding carboxylic acids is 2. The van der Waals surface area contributed by atoms with Crippen molar-refractivity contribution < 1.29 is 14.3 Å². The first-order valence-electron chi connectivity index (χ1n) is 10.2. The summed E-state index contributed by atoms with van der Waals surface area (Å²) >= 11 is 2.77. The van der Waals surface area contributed by atoms with E-state index in [1.807, 2.05) is 4.90 Å². The number of hydrogen-bond acceptors (Lipinski definition) is 8. The number of rotatable bonds is 7. The van der Waals surface area contributed by atoms with Gasteiger partial charge in [-0.15, -0.1) is 10.2 Å². The molecule has 156 valence electrons. The van der Waals surface area contributed by atoms with E-state index in [0.717, 1.165) is 28.7 Å². The lowest BCUT2D eigenvalue weighted by Gasteiger charge is -2.38. The highest BCUT2D eigenvalue weighted by Gasteiger charge is 2.29. The van der Waals surface area contributed by atoms with Gasteiger partial charge in [-0.05, 0) is 46.0 Å². The summed E-state index contributed by atoms with van der Waals surface area (Å²) in [5.74, 6) is -0.364. The van der Waals surface area contributed by atoms with Crippen LogP contribution in [0.25, 0.3) is 0 Å². The van der Waals surface area contributed by atoms with Crippen molar-refractivity contribution in [3.63, 3.8) is 0 Å². The van der Waals surface area contributed by atoms with Crippen LogP contribution in [0.4, 0.5) is 5.13 Å². The number of likely N-dealkylation sites (tertiary alicyclic amines) is 1. The number of hydrogen-bond donors (Lipinski definition) is 1. The summed E-state index contributed by atoms with van der Waals surface area (Å²) in [5, 5.41) is 12.5. The van der Waals surface area contributed by atoms with E-state index in [-0.39, 0.29) is 30.4 Å². The van der Waals surface area contributed by atoms with Crippen molar-refractivity contribution in [3.8, 4) is 0 Å². The van der Waals surface area contributed by atoms with Gasteiger partial charge in [-0.3, -0.25) is 9.59 Å². The molecule has 1 aromatic heterocycles. The van der Waals surface area contributed by atoms with E-state index in [4.69, 9.17) is 4.74 Å². The van der Waals surface area contributed by atoms with Gasteiger partial charge in [0.1, 0.15) is 0 Å². The number of anilines is 1. The Labute approximate surface area is 175 Å². The lowest BCUT2D eigenvalue weighted by atomic mass is 9.96. The summed E-state index contributed by atoms with van der Waals surface area (Å²) in [6.07, 6.45) is 9.35. The second kappa shape index (κ2) is 10.4. The SMILES string of the molecule is C[C@@H]1CCC[C@H](C)N1C(=O)COC(=O)CSc1nnc(NC2CCCCC2)s1. The molecule has 0 aromatic carbocycles. The summed E-state index contributed by atoms with van der Waals surface area (Å²) in [6, 6.07) is 0.900. The lowest BCUT2D eigenvalue weighted by Crippen LogP contribution is -2.49. The molecular weight excluding hydrogens is 396 g/mol. The largest absolute Gasteiger partial charge is 0.455 e. The summed E-state index contributed by atoms with van der Waals surface area (Å²) in [5.41, 5.74) is 0. The van der Waals surface area contributed by atoms with Crippen LogP contribution in [-0.4, -0.2) is 57.5 Å². The minimum Gasteiger partial charge on any atom is -0.455 e. The fraction of sp³-hybridized carbons (Fsp3) is 0.789. The number of thioether (sulfide) groups is 1. The van der Waals surface area contributed by atoms with Crippen LogP contribution in [0.1, 0.15) is 65.2 Å². The zero-order chi connectivity index (χ0) is 19.9. The van der Waals surface area contributed by atoms with Crippen molar-refractivity contribution in [1.29, 1.82) is 0 Å². The van der Waals surface area contributed by atoms with Crippen LogP contribution in [0.2, 0.25) is 0 Å². The van der Waals surface area contributed by atoms with Crippen LogP contribution in [-0.2, 0) is 14.3 Å². The van der Waals surface area contributed by atoms with Gasteiger partial charge in [0.05, 0.1) is 5.75 Å². The first-order valence-corrected chi connectivity index (χ1v) is 12.0. The number of amides is 1. The molecule has 2 aliphatic rings. The minimum atomic E-state index is -0.396. The van der Waals surface area contributed by atoms with E-state index in [9.17, 15) is 9.59 Å². The molecule has 1 saturated heterocycles. The van der Waals surface area contributed by atoms with Gasteiger partial charge in [0.25, 0.3) is 5.91 Å². The van der Waals surface area contributed by atoms with Gasteiger partial charge >= 0.3 is 5.97 Å². The first-order chi connectivity index (χ1) is 13.5.